The summed E-state index contributed by atoms with van der Waals surface area (Å²) in [4.78, 5) is 33.1. The van der Waals surface area contributed by atoms with Crippen LogP contribution in [0.25, 0.3) is 10.2 Å². The van der Waals surface area contributed by atoms with Crippen molar-refractivity contribution in [2.75, 3.05) is 18.5 Å². The fourth-order valence-electron chi connectivity index (χ4n) is 3.28. The smallest absolute Gasteiger partial charge is 0.256 e. The highest BCUT2D eigenvalue weighted by Gasteiger charge is 2.27. The van der Waals surface area contributed by atoms with Crippen molar-refractivity contribution >= 4 is 50.7 Å². The van der Waals surface area contributed by atoms with Crippen molar-refractivity contribution < 1.29 is 9.59 Å². The van der Waals surface area contributed by atoms with Gasteiger partial charge in [-0.05, 0) is 36.8 Å². The fourth-order valence-corrected chi connectivity index (χ4v) is 4.47. The fraction of sp³-hybridized carbons (Fsp3) is 0.250. The lowest BCUT2D eigenvalue weighted by molar-refractivity contribution is -0.117. The summed E-state index contributed by atoms with van der Waals surface area (Å²) in [5.74, 6) is -0.124. The Hall–Kier alpha value is -2.44. The normalized spacial score (nSPS) is 14.1. The largest absolute Gasteiger partial charge is 0.335 e. The van der Waals surface area contributed by atoms with Gasteiger partial charge < -0.3 is 9.80 Å². The van der Waals surface area contributed by atoms with E-state index in [4.69, 9.17) is 11.6 Å². The molecule has 27 heavy (non-hydrogen) atoms. The molecule has 0 radical (unpaired) electrons. The molecule has 0 saturated carbocycles. The van der Waals surface area contributed by atoms with Gasteiger partial charge in [-0.1, -0.05) is 23.7 Å². The lowest BCUT2D eigenvalue weighted by Crippen LogP contribution is -2.30. The van der Waals surface area contributed by atoms with Crippen LogP contribution in [0.5, 0.6) is 0 Å². The summed E-state index contributed by atoms with van der Waals surface area (Å²) in [6, 6.07) is 13.0. The zero-order valence-corrected chi connectivity index (χ0v) is 16.4. The summed E-state index contributed by atoms with van der Waals surface area (Å²) in [5.41, 5.74) is 2.01. The van der Waals surface area contributed by atoms with Crippen molar-refractivity contribution in [1.82, 2.24) is 9.88 Å². The van der Waals surface area contributed by atoms with Gasteiger partial charge in [0.05, 0.1) is 28.0 Å². The van der Waals surface area contributed by atoms with Crippen LogP contribution >= 0.6 is 22.9 Å². The van der Waals surface area contributed by atoms with Gasteiger partial charge in [0, 0.05) is 25.0 Å². The highest BCUT2D eigenvalue weighted by atomic mass is 35.5. The van der Waals surface area contributed by atoms with Gasteiger partial charge in [0.15, 0.2) is 0 Å². The Morgan fingerprint density at radius 1 is 1.30 bits per heavy atom. The van der Waals surface area contributed by atoms with Gasteiger partial charge in [0.25, 0.3) is 5.91 Å². The summed E-state index contributed by atoms with van der Waals surface area (Å²) in [5, 5.41) is 1.38. The van der Waals surface area contributed by atoms with Crippen molar-refractivity contribution in [3.05, 3.63) is 58.1 Å². The second-order valence-electron chi connectivity index (χ2n) is 6.55. The molecule has 0 atom stereocenters. The van der Waals surface area contributed by atoms with Crippen LogP contribution in [0.3, 0.4) is 0 Å². The number of halogens is 1. The van der Waals surface area contributed by atoms with Crippen LogP contribution in [0.2, 0.25) is 5.02 Å². The number of carbonyl (C=O) groups is 2. The van der Waals surface area contributed by atoms with E-state index in [0.717, 1.165) is 21.6 Å². The van der Waals surface area contributed by atoms with Crippen LogP contribution in [0.4, 0.5) is 5.69 Å². The van der Waals surface area contributed by atoms with Crippen LogP contribution in [0.15, 0.2) is 42.5 Å². The SMILES string of the molecule is CN(Cc1nc2ccccc2s1)C(=O)c1ccc(Cl)cc1N1CCCC1=O. The zero-order valence-electron chi connectivity index (χ0n) is 14.8. The third-order valence-corrected chi connectivity index (χ3v) is 5.87. The maximum Gasteiger partial charge on any atom is 0.256 e. The number of nitrogens with zero attached hydrogens (tertiary/aromatic N) is 3. The van der Waals surface area contributed by atoms with E-state index in [9.17, 15) is 9.59 Å². The lowest BCUT2D eigenvalue weighted by atomic mass is 10.1. The van der Waals surface area contributed by atoms with Crippen LogP contribution in [0.1, 0.15) is 28.2 Å². The molecule has 4 rings (SSSR count). The van der Waals surface area contributed by atoms with Gasteiger partial charge in [-0.25, -0.2) is 4.98 Å². The topological polar surface area (TPSA) is 53.5 Å². The number of fused-ring (bicyclic) bond motifs is 1. The summed E-state index contributed by atoms with van der Waals surface area (Å²) in [6.07, 6.45) is 1.29. The average molecular weight is 400 g/mol. The van der Waals surface area contributed by atoms with Gasteiger partial charge in [0.2, 0.25) is 5.91 Å². The average Bonchev–Trinajstić information content (AvgIpc) is 3.26. The second-order valence-corrected chi connectivity index (χ2v) is 8.10. The van der Waals surface area contributed by atoms with Gasteiger partial charge in [0.1, 0.15) is 5.01 Å². The highest BCUT2D eigenvalue weighted by Crippen LogP contribution is 2.30. The first-order valence-electron chi connectivity index (χ1n) is 8.73. The first-order valence-corrected chi connectivity index (χ1v) is 9.92. The number of benzene rings is 2. The first kappa shape index (κ1) is 17.9. The Morgan fingerprint density at radius 3 is 2.85 bits per heavy atom. The molecule has 2 amide bonds. The molecule has 138 valence electrons. The van der Waals surface area contributed by atoms with E-state index in [1.807, 2.05) is 24.3 Å². The van der Waals surface area contributed by atoms with E-state index in [0.29, 0.717) is 35.8 Å². The van der Waals surface area contributed by atoms with E-state index >= 15 is 0 Å². The van der Waals surface area contributed by atoms with Crippen molar-refractivity contribution in [1.29, 1.82) is 0 Å². The molecule has 1 saturated heterocycles. The molecule has 1 aliphatic heterocycles. The molecule has 0 unspecified atom stereocenters. The van der Waals surface area contributed by atoms with E-state index in [-0.39, 0.29) is 11.8 Å². The quantitative estimate of drug-likeness (QED) is 0.655. The van der Waals surface area contributed by atoms with E-state index in [1.165, 1.54) is 0 Å². The number of aromatic nitrogens is 1. The first-order chi connectivity index (χ1) is 13.0. The minimum absolute atomic E-state index is 0.0279. The third kappa shape index (κ3) is 3.55. The van der Waals surface area contributed by atoms with Crippen molar-refractivity contribution in [2.24, 2.45) is 0 Å². The minimum atomic E-state index is -0.152. The highest BCUT2D eigenvalue weighted by molar-refractivity contribution is 7.18. The maximum absolute atomic E-state index is 13.1. The van der Waals surface area contributed by atoms with Gasteiger partial charge in [-0.2, -0.15) is 0 Å². The molecule has 0 N–H and O–H groups in total. The summed E-state index contributed by atoms with van der Waals surface area (Å²) >= 11 is 7.71. The second kappa shape index (κ2) is 7.29. The molecule has 3 aromatic rings. The molecule has 7 heteroatoms. The molecular weight excluding hydrogens is 382 g/mol. The molecule has 5 nitrogen and oxygen atoms in total. The van der Waals surface area contributed by atoms with E-state index < -0.39 is 0 Å². The van der Waals surface area contributed by atoms with Gasteiger partial charge >= 0.3 is 0 Å². The predicted octanol–water partition coefficient (Wildman–Crippen LogP) is 4.35. The Bertz CT molecular complexity index is 1000. The standard InChI is InChI=1S/C20H18ClN3O2S/c1-23(12-18-22-15-5-2-3-6-17(15)27-18)20(26)14-9-8-13(21)11-16(14)24-10-4-7-19(24)25/h2-3,5-6,8-9,11H,4,7,10,12H2,1H3. The van der Waals surface area contributed by atoms with Gasteiger partial charge in [-0.15, -0.1) is 11.3 Å². The number of hydrogen-bond acceptors (Lipinski definition) is 4. The van der Waals surface area contributed by atoms with E-state index in [1.54, 1.807) is 46.4 Å². The Kier molecular flexibility index (Phi) is 4.85. The maximum atomic E-state index is 13.1. The van der Waals surface area contributed by atoms with Gasteiger partial charge in [-0.3, -0.25) is 9.59 Å². The predicted molar refractivity (Wildman–Crippen MR) is 108 cm³/mol. The Balaban J connectivity index is 1.61. The Labute approximate surface area is 166 Å². The van der Waals surface area contributed by atoms with Crippen LogP contribution in [-0.4, -0.2) is 35.3 Å². The molecule has 1 fully saturated rings. The van der Waals surface area contributed by atoms with Crippen molar-refractivity contribution in [3.63, 3.8) is 0 Å². The molecule has 2 heterocycles. The number of thiazole rings is 1. The third-order valence-electron chi connectivity index (χ3n) is 4.61. The molecule has 0 spiro atoms. The van der Waals surface area contributed by atoms with Crippen LogP contribution in [-0.2, 0) is 11.3 Å². The summed E-state index contributed by atoms with van der Waals surface area (Å²) in [7, 11) is 1.75. The Morgan fingerprint density at radius 2 is 2.11 bits per heavy atom. The molecular formula is C20H18ClN3O2S. The summed E-state index contributed by atoms with van der Waals surface area (Å²) < 4.78 is 1.10. The number of rotatable bonds is 4. The number of amides is 2. The molecule has 2 aromatic carbocycles. The van der Waals surface area contributed by atoms with Crippen molar-refractivity contribution in [3.8, 4) is 0 Å². The number of carbonyl (C=O) groups excluding carboxylic acids is 2. The van der Waals surface area contributed by atoms with E-state index in [2.05, 4.69) is 4.98 Å². The van der Waals surface area contributed by atoms with Crippen molar-refractivity contribution in [2.45, 2.75) is 19.4 Å². The summed E-state index contributed by atoms with van der Waals surface area (Å²) in [6.45, 7) is 1.02. The molecule has 1 aromatic heterocycles. The molecule has 1 aliphatic rings. The number of para-hydroxylation sites is 1. The van der Waals surface area contributed by atoms with Crippen LogP contribution in [0, 0.1) is 0 Å². The lowest BCUT2D eigenvalue weighted by Gasteiger charge is -2.23. The zero-order chi connectivity index (χ0) is 19.0. The molecule has 0 bridgehead atoms. The number of hydrogen-bond donors (Lipinski definition) is 0. The number of anilines is 1. The molecule has 0 aliphatic carbocycles. The minimum Gasteiger partial charge on any atom is -0.335 e. The monoisotopic (exact) mass is 399 g/mol. The van der Waals surface area contributed by atoms with Crippen LogP contribution < -0.4 is 4.90 Å².